The van der Waals surface area contributed by atoms with E-state index in [1.807, 2.05) is 85.7 Å². The number of aliphatic hydroxyl groups is 1. The van der Waals surface area contributed by atoms with Crippen molar-refractivity contribution in [2.24, 2.45) is 0 Å². The number of rotatable bonds is 6. The minimum Gasteiger partial charge on any atom is -0.383 e. The van der Waals surface area contributed by atoms with Crippen LogP contribution in [0.25, 0.3) is 21.7 Å². The van der Waals surface area contributed by atoms with Gasteiger partial charge in [0.15, 0.2) is 0 Å². The van der Waals surface area contributed by atoms with Crippen molar-refractivity contribution in [3.05, 3.63) is 123 Å². The van der Waals surface area contributed by atoms with Gasteiger partial charge < -0.3 is 10.0 Å². The lowest BCUT2D eigenvalue weighted by molar-refractivity contribution is -0.00410. The summed E-state index contributed by atoms with van der Waals surface area (Å²) in [4.78, 5) is 6.74. The molecule has 5 rings (SSSR count). The molecule has 0 aliphatic rings. The fraction of sp³-hybridized carbons (Fsp3) is 0.167. The standard InChI is InChI=1S/C30H26BrClN2O/c1-34(2)19-30(35,24-13-12-20-8-6-7-11-22(20)16-24)28(21-9-4-3-5-10-21)26-18-23-17-25(31)14-15-27(23)33-29(26)32/h3-18,28,35H,19H2,1-2H3/t28-,30-/m1/s1. The fourth-order valence-electron chi connectivity index (χ4n) is 4.99. The number of aromatic nitrogens is 1. The number of pyridine rings is 1. The molecule has 0 spiro atoms. The third-order valence-electron chi connectivity index (χ3n) is 6.49. The second-order valence-corrected chi connectivity index (χ2v) is 10.5. The van der Waals surface area contributed by atoms with E-state index >= 15 is 0 Å². The number of hydrogen-bond acceptors (Lipinski definition) is 3. The molecule has 3 nitrogen and oxygen atoms in total. The number of likely N-dealkylation sites (N-methyl/N-ethyl adjacent to an activating group) is 1. The molecule has 1 aromatic heterocycles. The van der Waals surface area contributed by atoms with Gasteiger partial charge >= 0.3 is 0 Å². The van der Waals surface area contributed by atoms with Gasteiger partial charge in [0.2, 0.25) is 0 Å². The molecule has 1 N–H and O–H groups in total. The van der Waals surface area contributed by atoms with E-state index in [0.29, 0.717) is 11.7 Å². The summed E-state index contributed by atoms with van der Waals surface area (Å²) >= 11 is 10.4. The molecule has 0 bridgehead atoms. The maximum Gasteiger partial charge on any atom is 0.133 e. The Morgan fingerprint density at radius 1 is 0.857 bits per heavy atom. The molecule has 0 radical (unpaired) electrons. The molecule has 2 atom stereocenters. The Hall–Kier alpha value is -2.76. The molecule has 4 aromatic carbocycles. The van der Waals surface area contributed by atoms with Gasteiger partial charge in [-0.1, -0.05) is 94.3 Å². The van der Waals surface area contributed by atoms with Gasteiger partial charge in [0, 0.05) is 27.9 Å². The van der Waals surface area contributed by atoms with E-state index in [0.717, 1.165) is 42.8 Å². The molecular formula is C30H26BrClN2O. The Balaban J connectivity index is 1.79. The Morgan fingerprint density at radius 3 is 2.31 bits per heavy atom. The average molecular weight is 546 g/mol. The summed E-state index contributed by atoms with van der Waals surface area (Å²) in [5.74, 6) is -0.448. The van der Waals surface area contributed by atoms with Gasteiger partial charge in [-0.15, -0.1) is 0 Å². The lowest BCUT2D eigenvalue weighted by atomic mass is 9.73. The Labute approximate surface area is 219 Å². The third-order valence-corrected chi connectivity index (χ3v) is 7.28. The van der Waals surface area contributed by atoms with E-state index < -0.39 is 11.5 Å². The van der Waals surface area contributed by atoms with E-state index in [2.05, 4.69) is 46.3 Å². The largest absolute Gasteiger partial charge is 0.383 e. The maximum absolute atomic E-state index is 12.7. The van der Waals surface area contributed by atoms with Crippen molar-refractivity contribution in [1.29, 1.82) is 0 Å². The molecule has 0 fully saturated rings. The summed E-state index contributed by atoms with van der Waals surface area (Å²) < 4.78 is 0.967. The van der Waals surface area contributed by atoms with Crippen molar-refractivity contribution in [1.82, 2.24) is 9.88 Å². The van der Waals surface area contributed by atoms with Crippen molar-refractivity contribution in [2.45, 2.75) is 11.5 Å². The Morgan fingerprint density at radius 2 is 1.57 bits per heavy atom. The highest BCUT2D eigenvalue weighted by Gasteiger charge is 2.42. The third kappa shape index (κ3) is 4.72. The Kier molecular flexibility index (Phi) is 6.65. The molecule has 0 unspecified atom stereocenters. The molecule has 0 amide bonds. The second-order valence-electron chi connectivity index (χ2n) is 9.27. The SMILES string of the molecule is CN(C)C[C@@](O)(c1ccc2ccccc2c1)[C@H](c1ccccc1)c1cc2cc(Br)ccc2nc1Cl. The van der Waals surface area contributed by atoms with Crippen LogP contribution < -0.4 is 0 Å². The van der Waals surface area contributed by atoms with Crippen LogP contribution in [0.2, 0.25) is 5.15 Å². The van der Waals surface area contributed by atoms with Crippen LogP contribution in [-0.2, 0) is 5.60 Å². The minimum atomic E-state index is -1.28. The summed E-state index contributed by atoms with van der Waals surface area (Å²) in [7, 11) is 3.96. The van der Waals surface area contributed by atoms with Gasteiger partial charge in [-0.25, -0.2) is 4.98 Å². The topological polar surface area (TPSA) is 36.4 Å². The number of hydrogen-bond donors (Lipinski definition) is 1. The zero-order valence-electron chi connectivity index (χ0n) is 19.6. The van der Waals surface area contributed by atoms with E-state index in [1.165, 1.54) is 0 Å². The van der Waals surface area contributed by atoms with Crippen LogP contribution >= 0.6 is 27.5 Å². The molecule has 5 heteroatoms. The first-order chi connectivity index (χ1) is 16.8. The number of fused-ring (bicyclic) bond motifs is 2. The first-order valence-corrected chi connectivity index (χ1v) is 12.7. The predicted molar refractivity (Wildman–Crippen MR) is 149 cm³/mol. The van der Waals surface area contributed by atoms with Gasteiger partial charge in [0.05, 0.1) is 5.52 Å². The normalized spacial score (nSPS) is 14.3. The first kappa shape index (κ1) is 24.0. The van der Waals surface area contributed by atoms with Gasteiger partial charge in [-0.2, -0.15) is 0 Å². The Bertz CT molecular complexity index is 1510. The summed E-state index contributed by atoms with van der Waals surface area (Å²) in [6, 6.07) is 32.5. The van der Waals surface area contributed by atoms with Gasteiger partial charge in [0.1, 0.15) is 10.8 Å². The molecule has 0 saturated carbocycles. The molecule has 0 aliphatic heterocycles. The minimum absolute atomic E-state index is 0.395. The number of halogens is 2. The van der Waals surface area contributed by atoms with Crippen LogP contribution in [0.3, 0.4) is 0 Å². The quantitative estimate of drug-likeness (QED) is 0.226. The fourth-order valence-corrected chi connectivity index (χ4v) is 5.62. The second kappa shape index (κ2) is 9.71. The van der Waals surface area contributed by atoms with Crippen LogP contribution in [0.4, 0.5) is 0 Å². The number of nitrogens with zero attached hydrogens (tertiary/aromatic N) is 2. The average Bonchev–Trinajstić information content (AvgIpc) is 2.84. The maximum atomic E-state index is 12.7. The zero-order valence-corrected chi connectivity index (χ0v) is 22.0. The molecule has 1 heterocycles. The van der Waals surface area contributed by atoms with Crippen LogP contribution in [0.15, 0.2) is 102 Å². The monoisotopic (exact) mass is 544 g/mol. The van der Waals surface area contributed by atoms with Crippen LogP contribution in [-0.4, -0.2) is 35.6 Å². The van der Waals surface area contributed by atoms with Crippen molar-refractivity contribution < 1.29 is 5.11 Å². The van der Waals surface area contributed by atoms with Crippen LogP contribution in [0, 0.1) is 0 Å². The first-order valence-electron chi connectivity index (χ1n) is 11.5. The predicted octanol–water partition coefficient (Wildman–Crippen LogP) is 7.39. The van der Waals surface area contributed by atoms with E-state index in [9.17, 15) is 5.11 Å². The van der Waals surface area contributed by atoms with E-state index in [1.54, 1.807) is 0 Å². The highest BCUT2D eigenvalue weighted by Crippen LogP contribution is 2.45. The molecule has 0 aliphatic carbocycles. The van der Waals surface area contributed by atoms with Crippen molar-refractivity contribution in [2.75, 3.05) is 20.6 Å². The lowest BCUT2D eigenvalue weighted by Crippen LogP contribution is -2.43. The van der Waals surface area contributed by atoms with Gasteiger partial charge in [-0.05, 0) is 66.3 Å². The molecule has 5 aromatic rings. The highest BCUT2D eigenvalue weighted by molar-refractivity contribution is 9.10. The zero-order chi connectivity index (χ0) is 24.6. The number of benzene rings is 4. The van der Waals surface area contributed by atoms with E-state index in [-0.39, 0.29) is 0 Å². The van der Waals surface area contributed by atoms with Gasteiger partial charge in [-0.3, -0.25) is 0 Å². The molecule has 35 heavy (non-hydrogen) atoms. The van der Waals surface area contributed by atoms with Crippen molar-refractivity contribution >= 4 is 49.2 Å². The van der Waals surface area contributed by atoms with Gasteiger partial charge in [0.25, 0.3) is 0 Å². The highest BCUT2D eigenvalue weighted by atomic mass is 79.9. The summed E-state index contributed by atoms with van der Waals surface area (Å²) in [6.07, 6.45) is 0. The smallest absolute Gasteiger partial charge is 0.133 e. The van der Waals surface area contributed by atoms with E-state index in [4.69, 9.17) is 16.6 Å². The summed E-state index contributed by atoms with van der Waals surface area (Å²) in [5, 5.41) is 16.3. The molecule has 176 valence electrons. The summed E-state index contributed by atoms with van der Waals surface area (Å²) in [6.45, 7) is 0.401. The molecular weight excluding hydrogens is 520 g/mol. The lowest BCUT2D eigenvalue weighted by Gasteiger charge is -2.40. The molecule has 0 saturated heterocycles. The van der Waals surface area contributed by atoms with Crippen LogP contribution in [0.1, 0.15) is 22.6 Å². The van der Waals surface area contributed by atoms with Crippen molar-refractivity contribution in [3.63, 3.8) is 0 Å². The summed E-state index contributed by atoms with van der Waals surface area (Å²) in [5.41, 5.74) is 2.14. The van der Waals surface area contributed by atoms with Crippen molar-refractivity contribution in [3.8, 4) is 0 Å². The van der Waals surface area contributed by atoms with Crippen LogP contribution in [0.5, 0.6) is 0 Å².